The molecular formula is C25H33NO2. The van der Waals surface area contributed by atoms with E-state index < -0.39 is 0 Å². The molecule has 0 unspecified atom stereocenters. The van der Waals surface area contributed by atoms with Crippen LogP contribution in [0, 0.1) is 35.5 Å². The third-order valence-corrected chi connectivity index (χ3v) is 8.28. The summed E-state index contributed by atoms with van der Waals surface area (Å²) < 4.78 is 6.97. The third-order valence-electron chi connectivity index (χ3n) is 8.28. The molecule has 2 heterocycles. The molecule has 5 aliphatic rings. The number of nitrogens with two attached hydrogens (primary N) is 1. The molecule has 28 heavy (non-hydrogen) atoms. The molecule has 4 bridgehead atoms. The molecule has 2 saturated carbocycles. The maximum Gasteiger partial charge on any atom is 0.115 e. The van der Waals surface area contributed by atoms with E-state index in [0.29, 0.717) is 29.9 Å². The minimum Gasteiger partial charge on any atom is -0.508 e. The van der Waals surface area contributed by atoms with Gasteiger partial charge in [0.15, 0.2) is 0 Å². The van der Waals surface area contributed by atoms with Gasteiger partial charge in [-0.05, 0) is 81.0 Å². The summed E-state index contributed by atoms with van der Waals surface area (Å²) in [5.74, 6) is 9.15. The van der Waals surface area contributed by atoms with Crippen LogP contribution in [0.2, 0.25) is 0 Å². The van der Waals surface area contributed by atoms with Crippen molar-refractivity contribution in [2.45, 2.75) is 82.5 Å². The number of phenolic OH excluding ortho intramolecular Hbond substituents is 1. The van der Waals surface area contributed by atoms with Gasteiger partial charge in [0, 0.05) is 18.4 Å². The molecular weight excluding hydrogens is 346 g/mol. The highest BCUT2D eigenvalue weighted by Crippen LogP contribution is 2.58. The number of benzene rings is 1. The normalized spacial score (nSPS) is 41.0. The molecule has 3 nitrogen and oxygen atoms in total. The van der Waals surface area contributed by atoms with E-state index in [4.69, 9.17) is 10.5 Å². The largest absolute Gasteiger partial charge is 0.508 e. The van der Waals surface area contributed by atoms with Crippen molar-refractivity contribution < 1.29 is 9.84 Å². The first kappa shape index (κ1) is 18.5. The monoisotopic (exact) mass is 379 g/mol. The van der Waals surface area contributed by atoms with Crippen LogP contribution in [-0.2, 0) is 17.6 Å². The smallest absolute Gasteiger partial charge is 0.115 e. The molecule has 0 radical (unpaired) electrons. The van der Waals surface area contributed by atoms with Crippen molar-refractivity contribution >= 4 is 0 Å². The van der Waals surface area contributed by atoms with Crippen LogP contribution < -0.4 is 5.73 Å². The number of phenols is 1. The lowest BCUT2D eigenvalue weighted by molar-refractivity contribution is -0.285. The molecule has 1 spiro atoms. The highest BCUT2D eigenvalue weighted by atomic mass is 16.5. The molecule has 6 rings (SSSR count). The van der Waals surface area contributed by atoms with E-state index in [9.17, 15) is 5.11 Å². The van der Waals surface area contributed by atoms with Crippen molar-refractivity contribution in [1.82, 2.24) is 0 Å². The van der Waals surface area contributed by atoms with Crippen LogP contribution >= 0.6 is 0 Å². The van der Waals surface area contributed by atoms with E-state index >= 15 is 0 Å². The van der Waals surface area contributed by atoms with E-state index in [1.165, 1.54) is 43.2 Å². The van der Waals surface area contributed by atoms with Crippen LogP contribution in [0.3, 0.4) is 0 Å². The number of ether oxygens (including phenoxy) is 1. The fraction of sp³-hybridized carbons (Fsp3) is 0.680. The lowest BCUT2D eigenvalue weighted by Gasteiger charge is -2.63. The van der Waals surface area contributed by atoms with Gasteiger partial charge in [-0.25, -0.2) is 0 Å². The Kier molecular flexibility index (Phi) is 4.30. The van der Waals surface area contributed by atoms with Crippen LogP contribution in [0.5, 0.6) is 5.75 Å². The molecule has 1 aromatic rings. The van der Waals surface area contributed by atoms with Gasteiger partial charge in [0.2, 0.25) is 0 Å². The van der Waals surface area contributed by atoms with Crippen LogP contribution in [0.4, 0.5) is 0 Å². The lowest BCUT2D eigenvalue weighted by atomic mass is 9.54. The Hall–Kier alpha value is -1.50. The fourth-order valence-electron chi connectivity index (χ4n) is 7.00. The summed E-state index contributed by atoms with van der Waals surface area (Å²) in [6.07, 6.45) is 9.07. The quantitative estimate of drug-likeness (QED) is 0.664. The number of hydrogen-bond acceptors (Lipinski definition) is 3. The maximum absolute atomic E-state index is 9.99. The number of rotatable bonds is 0. The van der Waals surface area contributed by atoms with Gasteiger partial charge in [-0.1, -0.05) is 30.7 Å². The van der Waals surface area contributed by atoms with Gasteiger partial charge in [0.25, 0.3) is 0 Å². The van der Waals surface area contributed by atoms with E-state index in [1.54, 1.807) is 0 Å². The SMILES string of the molecule is CC1(C)O[C@@]23CC[C@@H]1[C@H](N)[C@H]2C#CCc1cc(O)ccc1C[C@@H]1CCC[C@H]3C1. The summed E-state index contributed by atoms with van der Waals surface area (Å²) in [6.45, 7) is 4.48. The summed E-state index contributed by atoms with van der Waals surface area (Å²) in [7, 11) is 0. The van der Waals surface area contributed by atoms with Gasteiger partial charge < -0.3 is 15.6 Å². The average Bonchev–Trinajstić information content (AvgIpc) is 2.66. The molecule has 0 aromatic heterocycles. The highest BCUT2D eigenvalue weighted by molar-refractivity contribution is 5.38. The van der Waals surface area contributed by atoms with Crippen molar-refractivity contribution in [3.63, 3.8) is 0 Å². The zero-order valence-corrected chi connectivity index (χ0v) is 17.2. The van der Waals surface area contributed by atoms with E-state index in [2.05, 4.69) is 31.8 Å². The summed E-state index contributed by atoms with van der Waals surface area (Å²) in [4.78, 5) is 0. The second-order valence-electron chi connectivity index (χ2n) is 10.2. The van der Waals surface area contributed by atoms with Gasteiger partial charge in [-0.3, -0.25) is 0 Å². The Morgan fingerprint density at radius 1 is 1.18 bits per heavy atom. The third kappa shape index (κ3) is 2.80. The standard InChI is InChI=1S/C25H33NO2/c1-24(2)21-11-12-25(28-24)19-7-3-5-16(14-19)13-18-9-10-20(27)15-17(18)6-4-8-22(25)23(21)26/h9-10,15-16,19,21-23,27H,3,5-7,11-14,26H2,1-2H3/t16-,19-,21+,22+,23-,25+/m0/s1. The van der Waals surface area contributed by atoms with E-state index in [1.807, 2.05) is 12.1 Å². The lowest BCUT2D eigenvalue weighted by Crippen LogP contribution is -2.71. The molecule has 2 saturated heterocycles. The van der Waals surface area contributed by atoms with Gasteiger partial charge in [0.1, 0.15) is 5.75 Å². The molecule has 4 fully saturated rings. The van der Waals surface area contributed by atoms with Crippen molar-refractivity contribution in [3.8, 4) is 17.6 Å². The zero-order chi connectivity index (χ0) is 19.5. The molecule has 2 aliphatic heterocycles. The van der Waals surface area contributed by atoms with Crippen LogP contribution in [0.1, 0.15) is 63.5 Å². The summed E-state index contributed by atoms with van der Waals surface area (Å²) in [5.41, 5.74) is 9.07. The zero-order valence-electron chi connectivity index (χ0n) is 17.2. The number of hydrogen-bond donors (Lipinski definition) is 2. The first-order chi connectivity index (χ1) is 13.4. The Morgan fingerprint density at radius 3 is 2.86 bits per heavy atom. The summed E-state index contributed by atoms with van der Waals surface area (Å²) in [5, 5.41) is 9.99. The Morgan fingerprint density at radius 2 is 2.04 bits per heavy atom. The second-order valence-corrected chi connectivity index (χ2v) is 10.2. The van der Waals surface area contributed by atoms with Crippen molar-refractivity contribution in [2.24, 2.45) is 29.4 Å². The van der Waals surface area contributed by atoms with Gasteiger partial charge in [-0.2, -0.15) is 0 Å². The maximum atomic E-state index is 9.99. The fourth-order valence-corrected chi connectivity index (χ4v) is 7.00. The first-order valence-electron chi connectivity index (χ1n) is 11.1. The van der Waals surface area contributed by atoms with E-state index in [0.717, 1.165) is 12.8 Å². The van der Waals surface area contributed by atoms with E-state index in [-0.39, 0.29) is 23.2 Å². The second kappa shape index (κ2) is 6.51. The molecule has 3 N–H and O–H groups in total. The molecule has 0 amide bonds. The topological polar surface area (TPSA) is 55.5 Å². The van der Waals surface area contributed by atoms with Gasteiger partial charge >= 0.3 is 0 Å². The van der Waals surface area contributed by atoms with Crippen LogP contribution in [0.15, 0.2) is 18.2 Å². The Labute approximate surface area is 169 Å². The molecule has 1 aromatic carbocycles. The number of fused-ring (bicyclic) bond motifs is 5. The molecule has 150 valence electrons. The first-order valence-corrected chi connectivity index (χ1v) is 11.1. The molecule has 3 aliphatic carbocycles. The Balaban J connectivity index is 1.60. The highest BCUT2D eigenvalue weighted by Gasteiger charge is 2.62. The summed E-state index contributed by atoms with van der Waals surface area (Å²) >= 11 is 0. The average molecular weight is 380 g/mol. The minimum atomic E-state index is -0.179. The van der Waals surface area contributed by atoms with Gasteiger partial charge in [0.05, 0.1) is 17.1 Å². The van der Waals surface area contributed by atoms with Crippen LogP contribution in [0.25, 0.3) is 0 Å². The van der Waals surface area contributed by atoms with Crippen molar-refractivity contribution in [1.29, 1.82) is 0 Å². The van der Waals surface area contributed by atoms with Crippen molar-refractivity contribution in [2.75, 3.05) is 0 Å². The molecule has 3 heteroatoms. The van der Waals surface area contributed by atoms with Gasteiger partial charge in [-0.15, -0.1) is 0 Å². The Bertz CT molecular complexity index is 835. The summed E-state index contributed by atoms with van der Waals surface area (Å²) in [6, 6.07) is 5.93. The van der Waals surface area contributed by atoms with Crippen molar-refractivity contribution in [3.05, 3.63) is 29.3 Å². The van der Waals surface area contributed by atoms with Crippen LogP contribution in [-0.4, -0.2) is 22.4 Å². The number of aromatic hydroxyl groups is 1. The predicted molar refractivity (Wildman–Crippen MR) is 111 cm³/mol. The predicted octanol–water partition coefficient (Wildman–Crippen LogP) is 4.20. The minimum absolute atomic E-state index is 0.0924. The molecule has 6 atom stereocenters.